The number of unbranched alkanes of at least 4 members (excludes halogenated alkanes) is 5. The van der Waals surface area contributed by atoms with Gasteiger partial charge in [-0.25, -0.2) is 9.78 Å². The fourth-order valence-corrected chi connectivity index (χ4v) is 4.47. The van der Waals surface area contributed by atoms with Crippen molar-refractivity contribution in [3.05, 3.63) is 59.4 Å². The summed E-state index contributed by atoms with van der Waals surface area (Å²) in [5, 5.41) is 0. The van der Waals surface area contributed by atoms with E-state index in [2.05, 4.69) is 30.7 Å². The molecular formula is C31H39NO4. The van der Waals surface area contributed by atoms with Crippen molar-refractivity contribution in [2.75, 3.05) is 6.61 Å². The lowest BCUT2D eigenvalue weighted by atomic mass is 9.81. The summed E-state index contributed by atoms with van der Waals surface area (Å²) in [4.78, 5) is 28.9. The first-order valence-corrected chi connectivity index (χ1v) is 13.6. The van der Waals surface area contributed by atoms with E-state index in [4.69, 9.17) is 9.47 Å². The van der Waals surface area contributed by atoms with Crippen LogP contribution in [0.4, 0.5) is 0 Å². The van der Waals surface area contributed by atoms with Gasteiger partial charge in [0.2, 0.25) is 0 Å². The highest BCUT2D eigenvalue weighted by atomic mass is 16.5. The van der Waals surface area contributed by atoms with Crippen LogP contribution >= 0.6 is 0 Å². The van der Waals surface area contributed by atoms with Crippen LogP contribution in [0.5, 0.6) is 5.75 Å². The van der Waals surface area contributed by atoms with Crippen molar-refractivity contribution >= 4 is 11.9 Å². The number of benzene rings is 1. The highest BCUT2D eigenvalue weighted by Crippen LogP contribution is 2.31. The van der Waals surface area contributed by atoms with Crippen LogP contribution in [0.2, 0.25) is 0 Å². The summed E-state index contributed by atoms with van der Waals surface area (Å²) < 4.78 is 10.9. The smallest absolute Gasteiger partial charge is 0.339 e. The molecule has 3 rings (SSSR count). The molecule has 5 heteroatoms. The third-order valence-electron chi connectivity index (χ3n) is 6.90. The second-order valence-electron chi connectivity index (χ2n) is 9.66. The quantitative estimate of drug-likeness (QED) is 0.145. The zero-order chi connectivity index (χ0) is 25.6. The second-order valence-corrected chi connectivity index (χ2v) is 9.66. The SMILES string of the molecule is CCCCCCCCOC(=O)c1ccc(C#Cc2ccc(OC(=O)C3CCC(CC)CC3)cc2)nc1. The van der Waals surface area contributed by atoms with Gasteiger partial charge >= 0.3 is 11.9 Å². The minimum Gasteiger partial charge on any atom is -0.462 e. The van der Waals surface area contributed by atoms with Crippen LogP contribution in [0.25, 0.3) is 0 Å². The molecule has 1 heterocycles. The first-order valence-electron chi connectivity index (χ1n) is 13.6. The van der Waals surface area contributed by atoms with E-state index in [1.54, 1.807) is 24.3 Å². The maximum Gasteiger partial charge on any atom is 0.339 e. The van der Waals surface area contributed by atoms with Crippen LogP contribution in [-0.4, -0.2) is 23.5 Å². The van der Waals surface area contributed by atoms with Crippen molar-refractivity contribution in [2.24, 2.45) is 11.8 Å². The van der Waals surface area contributed by atoms with Gasteiger partial charge in [-0.1, -0.05) is 58.3 Å². The maximum absolute atomic E-state index is 12.5. The lowest BCUT2D eigenvalue weighted by Crippen LogP contribution is -2.25. The number of ether oxygens (including phenoxy) is 2. The molecular weight excluding hydrogens is 450 g/mol. The predicted molar refractivity (Wildman–Crippen MR) is 142 cm³/mol. The van der Waals surface area contributed by atoms with Gasteiger partial charge in [-0.3, -0.25) is 4.79 Å². The standard InChI is InChI=1S/C31H39NO4/c1-3-5-6-7-8-9-22-35-30(33)27-17-19-28(32-23-27)18-12-25-13-20-29(21-14-25)36-31(34)26-15-10-24(4-2)11-16-26/h13-14,17,19-21,23-24,26H,3-11,15-16,22H2,1-2H3. The summed E-state index contributed by atoms with van der Waals surface area (Å²) in [5.74, 6) is 6.89. The Morgan fingerprint density at radius 1 is 0.889 bits per heavy atom. The molecule has 0 atom stereocenters. The van der Waals surface area contributed by atoms with Crippen molar-refractivity contribution in [3.63, 3.8) is 0 Å². The van der Waals surface area contributed by atoms with Gasteiger partial charge in [0.15, 0.2) is 0 Å². The molecule has 0 aliphatic heterocycles. The molecule has 0 spiro atoms. The number of hydrogen-bond donors (Lipinski definition) is 0. The number of nitrogens with zero attached hydrogens (tertiary/aromatic N) is 1. The first-order chi connectivity index (χ1) is 17.6. The third-order valence-corrected chi connectivity index (χ3v) is 6.90. The van der Waals surface area contributed by atoms with E-state index in [1.807, 2.05) is 12.1 Å². The molecule has 1 aliphatic rings. The van der Waals surface area contributed by atoms with Crippen molar-refractivity contribution in [1.29, 1.82) is 0 Å². The number of rotatable bonds is 11. The van der Waals surface area contributed by atoms with Crippen LogP contribution in [0.15, 0.2) is 42.6 Å². The van der Waals surface area contributed by atoms with E-state index in [9.17, 15) is 9.59 Å². The van der Waals surface area contributed by atoms with E-state index in [0.29, 0.717) is 23.6 Å². The van der Waals surface area contributed by atoms with E-state index in [-0.39, 0.29) is 17.9 Å². The van der Waals surface area contributed by atoms with Gasteiger partial charge in [0.1, 0.15) is 11.4 Å². The summed E-state index contributed by atoms with van der Waals surface area (Å²) in [6.45, 7) is 4.86. The Morgan fingerprint density at radius 2 is 1.61 bits per heavy atom. The minimum absolute atomic E-state index is 0.00847. The summed E-state index contributed by atoms with van der Waals surface area (Å²) in [6, 6.07) is 10.6. The van der Waals surface area contributed by atoms with Crippen molar-refractivity contribution in [2.45, 2.75) is 84.5 Å². The minimum atomic E-state index is -0.348. The topological polar surface area (TPSA) is 65.5 Å². The third kappa shape index (κ3) is 9.15. The van der Waals surface area contributed by atoms with E-state index in [1.165, 1.54) is 38.3 Å². The van der Waals surface area contributed by atoms with Crippen molar-refractivity contribution in [1.82, 2.24) is 4.98 Å². The molecule has 36 heavy (non-hydrogen) atoms. The zero-order valence-corrected chi connectivity index (χ0v) is 21.8. The molecule has 192 valence electrons. The van der Waals surface area contributed by atoms with Crippen LogP contribution in [-0.2, 0) is 9.53 Å². The Morgan fingerprint density at radius 3 is 2.28 bits per heavy atom. The number of esters is 2. The van der Waals surface area contributed by atoms with Gasteiger partial charge in [0.25, 0.3) is 0 Å². The summed E-state index contributed by atoms with van der Waals surface area (Å²) >= 11 is 0. The summed E-state index contributed by atoms with van der Waals surface area (Å²) in [5.41, 5.74) is 1.80. The van der Waals surface area contributed by atoms with Crippen molar-refractivity contribution in [3.8, 4) is 17.6 Å². The Hall–Kier alpha value is -3.13. The van der Waals surface area contributed by atoms with Gasteiger partial charge < -0.3 is 9.47 Å². The Bertz CT molecular complexity index is 1010. The molecule has 0 radical (unpaired) electrons. The molecule has 0 bridgehead atoms. The fourth-order valence-electron chi connectivity index (χ4n) is 4.47. The number of carbonyl (C=O) groups is 2. The molecule has 1 aliphatic carbocycles. The molecule has 2 aromatic rings. The largest absolute Gasteiger partial charge is 0.462 e. The molecule has 1 aromatic heterocycles. The van der Waals surface area contributed by atoms with Crippen molar-refractivity contribution < 1.29 is 19.1 Å². The average Bonchev–Trinajstić information content (AvgIpc) is 2.92. The molecule has 0 saturated heterocycles. The number of aromatic nitrogens is 1. The number of carbonyl (C=O) groups excluding carboxylic acids is 2. The molecule has 0 unspecified atom stereocenters. The zero-order valence-electron chi connectivity index (χ0n) is 21.8. The van der Waals surface area contributed by atoms with Gasteiger partial charge in [-0.15, -0.1) is 0 Å². The molecule has 1 fully saturated rings. The molecule has 1 aromatic carbocycles. The van der Waals surface area contributed by atoms with E-state index < -0.39 is 0 Å². The Labute approximate surface area is 216 Å². The summed E-state index contributed by atoms with van der Waals surface area (Å²) in [7, 11) is 0. The lowest BCUT2D eigenvalue weighted by Gasteiger charge is -2.26. The molecule has 0 N–H and O–H groups in total. The Kier molecular flexibility index (Phi) is 11.5. The summed E-state index contributed by atoms with van der Waals surface area (Å²) in [6.07, 6.45) is 13.7. The normalized spacial score (nSPS) is 17.1. The monoisotopic (exact) mass is 489 g/mol. The first kappa shape index (κ1) is 27.5. The molecule has 0 amide bonds. The predicted octanol–water partition coefficient (Wildman–Crippen LogP) is 7.12. The highest BCUT2D eigenvalue weighted by Gasteiger charge is 2.26. The van der Waals surface area contributed by atoms with Gasteiger partial charge in [0.05, 0.1) is 18.1 Å². The number of hydrogen-bond acceptors (Lipinski definition) is 5. The van der Waals surface area contributed by atoms with Gasteiger partial charge in [-0.05, 0) is 80.3 Å². The molecule has 5 nitrogen and oxygen atoms in total. The van der Waals surface area contributed by atoms with E-state index in [0.717, 1.165) is 50.0 Å². The highest BCUT2D eigenvalue weighted by molar-refractivity contribution is 5.89. The van der Waals surface area contributed by atoms with Crippen LogP contribution in [0, 0.1) is 23.7 Å². The van der Waals surface area contributed by atoms with Crippen LogP contribution < -0.4 is 4.74 Å². The lowest BCUT2D eigenvalue weighted by molar-refractivity contribution is -0.140. The average molecular weight is 490 g/mol. The second kappa shape index (κ2) is 15.1. The van der Waals surface area contributed by atoms with Gasteiger partial charge in [-0.2, -0.15) is 0 Å². The van der Waals surface area contributed by atoms with E-state index >= 15 is 0 Å². The Balaban J connectivity index is 1.43. The van der Waals surface area contributed by atoms with Crippen LogP contribution in [0.1, 0.15) is 106 Å². The number of pyridine rings is 1. The van der Waals surface area contributed by atoms with Crippen LogP contribution in [0.3, 0.4) is 0 Å². The molecule has 1 saturated carbocycles. The van der Waals surface area contributed by atoms with Gasteiger partial charge in [0, 0.05) is 11.8 Å². The maximum atomic E-state index is 12.5. The fraction of sp³-hybridized carbons (Fsp3) is 0.516.